The summed E-state index contributed by atoms with van der Waals surface area (Å²) in [6, 6.07) is 28.4. The molecule has 1 atom stereocenters. The van der Waals surface area contributed by atoms with Crippen LogP contribution in [0.25, 0.3) is 0 Å². The van der Waals surface area contributed by atoms with Gasteiger partial charge in [0.25, 0.3) is 0 Å². The van der Waals surface area contributed by atoms with Crippen molar-refractivity contribution >= 4 is 23.4 Å². The number of hydrogen-bond acceptors (Lipinski definition) is 5. The van der Waals surface area contributed by atoms with Crippen LogP contribution in [0.5, 0.6) is 5.75 Å². The number of carbonyl (C=O) groups excluding carboxylic acids is 1. The fraction of sp³-hybridized carbons (Fsp3) is 0.214. The zero-order chi connectivity index (χ0) is 23.5. The highest BCUT2D eigenvalue weighted by Gasteiger charge is 2.38. The van der Waals surface area contributed by atoms with Crippen molar-refractivity contribution in [3.8, 4) is 11.8 Å². The molecule has 2 aliphatic rings. The third-order valence-corrected chi connectivity index (χ3v) is 7.41. The molecule has 0 radical (unpaired) electrons. The molecule has 3 aromatic rings. The molecule has 0 aliphatic carbocycles. The van der Waals surface area contributed by atoms with Crippen molar-refractivity contribution < 1.29 is 9.53 Å². The number of aryl methyl sites for hydroxylation is 1. The van der Waals surface area contributed by atoms with Crippen molar-refractivity contribution in [1.29, 1.82) is 5.26 Å². The number of allylic oxidation sites excluding steroid dienone is 1. The first-order chi connectivity index (χ1) is 16.6. The molecule has 0 aromatic heterocycles. The van der Waals surface area contributed by atoms with Crippen LogP contribution in [0.3, 0.4) is 0 Å². The monoisotopic (exact) mass is 467 g/mol. The lowest BCUT2D eigenvalue weighted by molar-refractivity contribution is -0.129. The fourth-order valence-corrected chi connectivity index (χ4v) is 5.64. The third-order valence-electron chi connectivity index (χ3n) is 6.26. The summed E-state index contributed by atoms with van der Waals surface area (Å²) in [5.41, 5.74) is 4.98. The summed E-state index contributed by atoms with van der Waals surface area (Å²) in [6.45, 7) is 3.01. The summed E-state index contributed by atoms with van der Waals surface area (Å²) in [5, 5.41) is 10.9. The van der Waals surface area contributed by atoms with Gasteiger partial charge in [0.15, 0.2) is 0 Å². The highest BCUT2D eigenvalue weighted by Crippen LogP contribution is 2.44. The molecule has 3 aromatic carbocycles. The van der Waals surface area contributed by atoms with Crippen molar-refractivity contribution in [3.63, 3.8) is 0 Å². The first-order valence-corrected chi connectivity index (χ1v) is 12.3. The second kappa shape index (κ2) is 9.66. The number of benzene rings is 3. The van der Waals surface area contributed by atoms with Gasteiger partial charge in [-0.05, 0) is 41.8 Å². The third kappa shape index (κ3) is 4.40. The topological polar surface area (TPSA) is 56.6 Å². The summed E-state index contributed by atoms with van der Waals surface area (Å²) in [5.74, 6) is 1.21. The van der Waals surface area contributed by atoms with Gasteiger partial charge in [0.2, 0.25) is 5.91 Å². The zero-order valence-electron chi connectivity index (χ0n) is 19.0. The Morgan fingerprint density at radius 3 is 2.65 bits per heavy atom. The first kappa shape index (κ1) is 22.1. The first-order valence-electron chi connectivity index (χ1n) is 11.3. The lowest BCUT2D eigenvalue weighted by atomic mass is 9.86. The lowest BCUT2D eigenvalue weighted by Gasteiger charge is -2.42. The highest BCUT2D eigenvalue weighted by atomic mass is 32.2. The molecule has 1 amide bonds. The molecule has 1 unspecified atom stereocenters. The number of hydrogen-bond donors (Lipinski definition) is 0. The van der Waals surface area contributed by atoms with E-state index >= 15 is 0 Å². The van der Waals surface area contributed by atoms with Gasteiger partial charge in [-0.3, -0.25) is 9.69 Å². The van der Waals surface area contributed by atoms with Crippen LogP contribution in [-0.2, 0) is 11.4 Å². The molecule has 2 aliphatic heterocycles. The van der Waals surface area contributed by atoms with Gasteiger partial charge < -0.3 is 9.64 Å². The van der Waals surface area contributed by atoms with Gasteiger partial charge in [-0.15, -0.1) is 0 Å². The standard InChI is InChI=1S/C28H25N3O2S/c1-20-8-5-6-13-26(20)30-18-31-27(32)15-24(25(16-29)28(31)34-19-30)22-11-7-12-23(14-22)33-17-21-9-3-2-4-10-21/h2-14,24H,15,17-19H2,1H3. The normalized spacial score (nSPS) is 17.9. The zero-order valence-corrected chi connectivity index (χ0v) is 19.8. The Kier molecular flexibility index (Phi) is 6.29. The SMILES string of the molecule is Cc1ccccc1N1CSC2=C(C#N)C(c3cccc(OCc4ccccc4)c3)CC(=O)N2C1. The van der Waals surface area contributed by atoms with E-state index in [1.165, 1.54) is 5.56 Å². The Morgan fingerprint density at radius 2 is 1.85 bits per heavy atom. The Labute approximate surface area is 204 Å². The van der Waals surface area contributed by atoms with Gasteiger partial charge in [0.1, 0.15) is 12.4 Å². The van der Waals surface area contributed by atoms with E-state index < -0.39 is 0 Å². The van der Waals surface area contributed by atoms with Crippen LogP contribution in [0, 0.1) is 18.3 Å². The second-order valence-electron chi connectivity index (χ2n) is 8.50. The molecule has 5 nitrogen and oxygen atoms in total. The fourth-order valence-electron chi connectivity index (χ4n) is 4.48. The number of nitriles is 1. The molecule has 5 rings (SSSR count). The molecule has 1 saturated heterocycles. The number of anilines is 1. The maximum absolute atomic E-state index is 13.2. The Hall–Kier alpha value is -3.69. The number of thioether (sulfide) groups is 1. The smallest absolute Gasteiger partial charge is 0.229 e. The van der Waals surface area contributed by atoms with Gasteiger partial charge in [0.05, 0.1) is 29.2 Å². The minimum atomic E-state index is -0.262. The summed E-state index contributed by atoms with van der Waals surface area (Å²) in [7, 11) is 0. The summed E-state index contributed by atoms with van der Waals surface area (Å²) in [6.07, 6.45) is 0.275. The number of fused-ring (bicyclic) bond motifs is 1. The van der Waals surface area contributed by atoms with E-state index in [9.17, 15) is 10.1 Å². The molecule has 170 valence electrons. The van der Waals surface area contributed by atoms with Crippen molar-refractivity contribution in [3.05, 3.63) is 106 Å². The van der Waals surface area contributed by atoms with Gasteiger partial charge in [-0.1, -0.05) is 72.4 Å². The van der Waals surface area contributed by atoms with Crippen LogP contribution in [0.4, 0.5) is 5.69 Å². The van der Waals surface area contributed by atoms with Gasteiger partial charge in [-0.2, -0.15) is 5.26 Å². The minimum Gasteiger partial charge on any atom is -0.489 e. The quantitative estimate of drug-likeness (QED) is 0.475. The largest absolute Gasteiger partial charge is 0.489 e. The van der Waals surface area contributed by atoms with E-state index in [-0.39, 0.29) is 18.2 Å². The maximum Gasteiger partial charge on any atom is 0.229 e. The number of rotatable bonds is 5. The van der Waals surface area contributed by atoms with Crippen LogP contribution in [0.2, 0.25) is 0 Å². The number of ether oxygens (including phenoxy) is 1. The average molecular weight is 468 g/mol. The molecular weight excluding hydrogens is 442 g/mol. The van der Waals surface area contributed by atoms with Gasteiger partial charge in [0, 0.05) is 18.0 Å². The highest BCUT2D eigenvalue weighted by molar-refractivity contribution is 8.03. The minimum absolute atomic E-state index is 0.0420. The van der Waals surface area contributed by atoms with Crippen LogP contribution in [0.1, 0.15) is 29.0 Å². The van der Waals surface area contributed by atoms with E-state index in [2.05, 4.69) is 30.0 Å². The van der Waals surface area contributed by atoms with Crippen LogP contribution in [0.15, 0.2) is 89.5 Å². The summed E-state index contributed by atoms with van der Waals surface area (Å²) < 4.78 is 5.99. The van der Waals surface area contributed by atoms with Crippen LogP contribution in [-0.4, -0.2) is 23.4 Å². The Balaban J connectivity index is 1.39. The second-order valence-corrected chi connectivity index (χ2v) is 9.43. The van der Waals surface area contributed by atoms with E-state index in [0.29, 0.717) is 24.7 Å². The van der Waals surface area contributed by atoms with E-state index in [0.717, 1.165) is 27.6 Å². The summed E-state index contributed by atoms with van der Waals surface area (Å²) >= 11 is 1.56. The molecule has 0 N–H and O–H groups in total. The molecule has 6 heteroatoms. The van der Waals surface area contributed by atoms with Gasteiger partial charge >= 0.3 is 0 Å². The lowest BCUT2D eigenvalue weighted by Crippen LogP contribution is -2.47. The summed E-state index contributed by atoms with van der Waals surface area (Å²) in [4.78, 5) is 17.2. The Bertz CT molecular complexity index is 1280. The van der Waals surface area contributed by atoms with Gasteiger partial charge in [-0.25, -0.2) is 0 Å². The predicted molar refractivity (Wildman–Crippen MR) is 135 cm³/mol. The van der Waals surface area contributed by atoms with Crippen molar-refractivity contribution in [2.45, 2.75) is 25.9 Å². The molecule has 0 saturated carbocycles. The van der Waals surface area contributed by atoms with E-state index in [1.807, 2.05) is 66.7 Å². The molecule has 0 bridgehead atoms. The number of amides is 1. The molecule has 2 heterocycles. The molecule has 0 spiro atoms. The van der Waals surface area contributed by atoms with E-state index in [1.54, 1.807) is 16.7 Å². The van der Waals surface area contributed by atoms with Crippen LogP contribution >= 0.6 is 11.8 Å². The number of para-hydroxylation sites is 1. The Morgan fingerprint density at radius 1 is 1.06 bits per heavy atom. The number of nitrogens with zero attached hydrogens (tertiary/aromatic N) is 3. The number of carbonyl (C=O) groups is 1. The predicted octanol–water partition coefficient (Wildman–Crippen LogP) is 5.79. The molecule has 1 fully saturated rings. The van der Waals surface area contributed by atoms with E-state index in [4.69, 9.17) is 4.74 Å². The van der Waals surface area contributed by atoms with Crippen molar-refractivity contribution in [2.75, 3.05) is 17.4 Å². The maximum atomic E-state index is 13.2. The van der Waals surface area contributed by atoms with Crippen molar-refractivity contribution in [1.82, 2.24) is 4.90 Å². The molecule has 34 heavy (non-hydrogen) atoms. The molecular formula is C28H25N3O2S. The van der Waals surface area contributed by atoms with Crippen molar-refractivity contribution in [2.24, 2.45) is 0 Å². The van der Waals surface area contributed by atoms with Crippen LogP contribution < -0.4 is 9.64 Å². The average Bonchev–Trinajstić information content (AvgIpc) is 2.88.